The molecule has 1 fully saturated rings. The first-order valence-corrected chi connectivity index (χ1v) is 10.4. The second-order valence-electron chi connectivity index (χ2n) is 7.95. The van der Waals surface area contributed by atoms with Crippen LogP contribution < -0.4 is 10.5 Å². The Morgan fingerprint density at radius 3 is 2.77 bits per heavy atom. The van der Waals surface area contributed by atoms with Gasteiger partial charge < -0.3 is 9.64 Å². The summed E-state index contributed by atoms with van der Waals surface area (Å²) in [6.45, 7) is 5.90. The van der Waals surface area contributed by atoms with E-state index in [1.54, 1.807) is 6.07 Å². The third-order valence-corrected chi connectivity index (χ3v) is 6.00. The molecule has 0 N–H and O–H groups in total. The van der Waals surface area contributed by atoms with Gasteiger partial charge in [-0.1, -0.05) is 0 Å². The summed E-state index contributed by atoms with van der Waals surface area (Å²) in [6, 6.07) is 5.43. The number of hydrogen-bond acceptors (Lipinski definition) is 6. The Balaban J connectivity index is 1.26. The zero-order chi connectivity index (χ0) is 21.4. The molecule has 1 saturated heterocycles. The van der Waals surface area contributed by atoms with E-state index in [1.807, 2.05) is 23.0 Å². The molecule has 0 amide bonds. The van der Waals surface area contributed by atoms with Gasteiger partial charge in [-0.3, -0.25) is 18.9 Å². The lowest BCUT2D eigenvalue weighted by Gasteiger charge is -2.36. The standard InChI is InChI=1S/C21H24F2N6O2/c22-20(23)12-28-14-24-18-9-16(1-2-17(18)21(28)30)27-5-3-26(4-6-27)11-15-10-25-29-7-8-31-13-19(15)29/h1-2,9-10,14,20H,3-8,11-13H2. The second-order valence-corrected chi connectivity index (χ2v) is 7.95. The molecule has 1 aromatic carbocycles. The first-order chi connectivity index (χ1) is 15.1. The SMILES string of the molecule is O=c1c2ccc(N3CCN(Cc4cnn5c4COCC5)CC3)cc2ncn1CC(F)F. The molecule has 0 spiro atoms. The number of ether oxygens (including phenoxy) is 1. The summed E-state index contributed by atoms with van der Waals surface area (Å²) >= 11 is 0. The van der Waals surface area contributed by atoms with Crippen molar-refractivity contribution in [1.82, 2.24) is 24.2 Å². The van der Waals surface area contributed by atoms with E-state index in [9.17, 15) is 13.6 Å². The molecule has 8 nitrogen and oxygen atoms in total. The predicted octanol–water partition coefficient (Wildman–Crippen LogP) is 1.71. The summed E-state index contributed by atoms with van der Waals surface area (Å²) < 4.78 is 33.8. The minimum atomic E-state index is -2.59. The molecule has 2 aliphatic rings. The first kappa shape index (κ1) is 20.1. The van der Waals surface area contributed by atoms with Crippen LogP contribution in [0.3, 0.4) is 0 Å². The topological polar surface area (TPSA) is 68.4 Å². The van der Waals surface area contributed by atoms with Crippen molar-refractivity contribution >= 4 is 16.6 Å². The van der Waals surface area contributed by atoms with Crippen molar-refractivity contribution in [1.29, 1.82) is 0 Å². The van der Waals surface area contributed by atoms with Crippen LogP contribution in [0, 0.1) is 0 Å². The summed E-state index contributed by atoms with van der Waals surface area (Å²) in [5.41, 5.74) is 3.48. The fourth-order valence-electron chi connectivity index (χ4n) is 4.29. The zero-order valence-corrected chi connectivity index (χ0v) is 17.1. The molecule has 0 bridgehead atoms. The lowest BCUT2D eigenvalue weighted by molar-refractivity contribution is 0.0786. The van der Waals surface area contributed by atoms with E-state index in [-0.39, 0.29) is 0 Å². The Hall–Kier alpha value is -2.85. The van der Waals surface area contributed by atoms with Gasteiger partial charge in [0.05, 0.1) is 55.4 Å². The average molecular weight is 430 g/mol. The van der Waals surface area contributed by atoms with Gasteiger partial charge in [0, 0.05) is 44.0 Å². The van der Waals surface area contributed by atoms with Crippen LogP contribution in [0.25, 0.3) is 10.9 Å². The van der Waals surface area contributed by atoms with Crippen LogP contribution >= 0.6 is 0 Å². The highest BCUT2D eigenvalue weighted by molar-refractivity contribution is 5.81. The third kappa shape index (κ3) is 4.05. The lowest BCUT2D eigenvalue weighted by Crippen LogP contribution is -2.46. The molecule has 31 heavy (non-hydrogen) atoms. The van der Waals surface area contributed by atoms with Crippen LogP contribution in [0.5, 0.6) is 0 Å². The third-order valence-electron chi connectivity index (χ3n) is 6.00. The number of hydrogen-bond donors (Lipinski definition) is 0. The maximum Gasteiger partial charge on any atom is 0.261 e. The van der Waals surface area contributed by atoms with Crippen LogP contribution in [-0.2, 0) is 31.0 Å². The monoisotopic (exact) mass is 430 g/mol. The summed E-state index contributed by atoms with van der Waals surface area (Å²) in [4.78, 5) is 21.3. The van der Waals surface area contributed by atoms with Gasteiger partial charge >= 0.3 is 0 Å². The highest BCUT2D eigenvalue weighted by Crippen LogP contribution is 2.22. The summed E-state index contributed by atoms with van der Waals surface area (Å²) in [7, 11) is 0. The smallest absolute Gasteiger partial charge is 0.261 e. The number of aromatic nitrogens is 4. The molecule has 10 heteroatoms. The summed E-state index contributed by atoms with van der Waals surface area (Å²) in [5.74, 6) is 0. The Labute approximate surface area is 177 Å². The minimum Gasteiger partial charge on any atom is -0.373 e. The number of piperazine rings is 1. The molecule has 164 valence electrons. The van der Waals surface area contributed by atoms with Gasteiger partial charge in [0.25, 0.3) is 12.0 Å². The Bertz CT molecular complexity index is 1140. The van der Waals surface area contributed by atoms with E-state index in [4.69, 9.17) is 4.74 Å². The van der Waals surface area contributed by atoms with Crippen molar-refractivity contribution in [2.75, 3.05) is 37.7 Å². The van der Waals surface area contributed by atoms with Crippen molar-refractivity contribution in [2.24, 2.45) is 0 Å². The first-order valence-electron chi connectivity index (χ1n) is 10.4. The molecular weight excluding hydrogens is 406 g/mol. The molecule has 0 atom stereocenters. The predicted molar refractivity (Wildman–Crippen MR) is 111 cm³/mol. The Morgan fingerprint density at radius 1 is 1.13 bits per heavy atom. The minimum absolute atomic E-state index is 0.360. The summed E-state index contributed by atoms with van der Waals surface area (Å²) in [6.07, 6.45) is 0.564. The molecule has 2 aromatic heterocycles. The Morgan fingerprint density at radius 2 is 1.97 bits per heavy atom. The van der Waals surface area contributed by atoms with Crippen LogP contribution in [0.2, 0.25) is 0 Å². The van der Waals surface area contributed by atoms with Crippen LogP contribution in [0.4, 0.5) is 14.5 Å². The summed E-state index contributed by atoms with van der Waals surface area (Å²) in [5, 5.41) is 4.83. The van der Waals surface area contributed by atoms with Gasteiger partial charge in [-0.25, -0.2) is 13.8 Å². The number of benzene rings is 1. The number of alkyl halides is 2. The van der Waals surface area contributed by atoms with Gasteiger partial charge in [0.2, 0.25) is 0 Å². The fourth-order valence-corrected chi connectivity index (χ4v) is 4.29. The number of anilines is 1. The molecule has 3 aromatic rings. The van der Waals surface area contributed by atoms with Crippen molar-refractivity contribution in [3.8, 4) is 0 Å². The van der Waals surface area contributed by atoms with Crippen LogP contribution in [-0.4, -0.2) is 63.4 Å². The molecule has 5 rings (SSSR count). The van der Waals surface area contributed by atoms with Crippen molar-refractivity contribution in [3.05, 3.63) is 52.3 Å². The number of halogens is 2. The normalized spacial score (nSPS) is 17.5. The molecule has 0 unspecified atom stereocenters. The van der Waals surface area contributed by atoms with Gasteiger partial charge in [0.15, 0.2) is 0 Å². The van der Waals surface area contributed by atoms with Gasteiger partial charge in [-0.15, -0.1) is 0 Å². The van der Waals surface area contributed by atoms with E-state index in [0.29, 0.717) is 24.1 Å². The fraction of sp³-hybridized carbons (Fsp3) is 0.476. The number of nitrogens with zero attached hydrogens (tertiary/aromatic N) is 6. The Kier molecular flexibility index (Phi) is 5.41. The van der Waals surface area contributed by atoms with Crippen LogP contribution in [0.15, 0.2) is 35.5 Å². The van der Waals surface area contributed by atoms with E-state index in [1.165, 1.54) is 17.6 Å². The van der Waals surface area contributed by atoms with Gasteiger partial charge in [-0.05, 0) is 18.2 Å². The van der Waals surface area contributed by atoms with Crippen molar-refractivity contribution < 1.29 is 13.5 Å². The van der Waals surface area contributed by atoms with E-state index >= 15 is 0 Å². The maximum atomic E-state index is 12.6. The zero-order valence-electron chi connectivity index (χ0n) is 17.1. The molecule has 0 radical (unpaired) electrons. The van der Waals surface area contributed by atoms with E-state index in [2.05, 4.69) is 19.9 Å². The van der Waals surface area contributed by atoms with E-state index < -0.39 is 18.5 Å². The maximum absolute atomic E-state index is 12.6. The molecule has 0 saturated carbocycles. The van der Waals surface area contributed by atoms with Gasteiger partial charge in [0.1, 0.15) is 0 Å². The van der Waals surface area contributed by atoms with Crippen molar-refractivity contribution in [3.63, 3.8) is 0 Å². The van der Waals surface area contributed by atoms with E-state index in [0.717, 1.165) is 49.5 Å². The number of rotatable bonds is 5. The molecule has 0 aliphatic carbocycles. The molecule has 4 heterocycles. The highest BCUT2D eigenvalue weighted by Gasteiger charge is 2.21. The molecule has 2 aliphatic heterocycles. The molecular formula is C21H24F2N6O2. The largest absolute Gasteiger partial charge is 0.373 e. The number of fused-ring (bicyclic) bond motifs is 2. The van der Waals surface area contributed by atoms with Crippen LogP contribution in [0.1, 0.15) is 11.3 Å². The lowest BCUT2D eigenvalue weighted by atomic mass is 10.1. The van der Waals surface area contributed by atoms with Gasteiger partial charge in [-0.2, -0.15) is 5.10 Å². The van der Waals surface area contributed by atoms with Crippen molar-refractivity contribution in [2.45, 2.75) is 32.7 Å². The quantitative estimate of drug-likeness (QED) is 0.614. The second kappa shape index (κ2) is 8.35. The highest BCUT2D eigenvalue weighted by atomic mass is 19.3. The average Bonchev–Trinajstić information content (AvgIpc) is 3.19.